The molecule has 0 heterocycles. The smallest absolute Gasteiger partial charge is 0.207 e. The van der Waals surface area contributed by atoms with Gasteiger partial charge in [-0.25, -0.2) is 0 Å². The van der Waals surface area contributed by atoms with E-state index in [1.54, 1.807) is 0 Å². The Bertz CT molecular complexity index is 46.2. The number of carbonyl (C=O) groups is 1. The van der Waals surface area contributed by atoms with Crippen molar-refractivity contribution in [3.05, 3.63) is 0 Å². The first-order chi connectivity index (χ1) is 4.41. The van der Waals surface area contributed by atoms with E-state index in [1.165, 1.54) is 0 Å². The largest absolute Gasteiger partial charge is 0.359 e. The van der Waals surface area contributed by atoms with Crippen molar-refractivity contribution in [3.8, 4) is 0 Å². The predicted octanol–water partition coefficient (Wildman–Crippen LogP) is 1.56. The van der Waals surface area contributed by atoms with Crippen LogP contribution in [0.3, 0.4) is 0 Å². The highest BCUT2D eigenvalue weighted by Crippen LogP contribution is 1.79. The summed E-state index contributed by atoms with van der Waals surface area (Å²) < 4.78 is 0. The topological polar surface area (TPSA) is 29.1 Å². The van der Waals surface area contributed by atoms with Crippen LogP contribution >= 0.6 is 0 Å². The van der Waals surface area contributed by atoms with E-state index < -0.39 is 0 Å². The van der Waals surface area contributed by atoms with Gasteiger partial charge in [-0.3, -0.25) is 4.79 Å². The summed E-state index contributed by atoms with van der Waals surface area (Å²) in [5, 5.41) is 2.57. The van der Waals surface area contributed by atoms with Crippen LogP contribution in [0.4, 0.5) is 0 Å². The van der Waals surface area contributed by atoms with Crippen LogP contribution in [0.2, 0.25) is 0 Å². The summed E-state index contributed by atoms with van der Waals surface area (Å²) in [6.07, 6.45) is 2.95. The lowest BCUT2D eigenvalue weighted by atomic mass is 10.3. The molecule has 0 bridgehead atoms. The quantitative estimate of drug-likeness (QED) is 0.455. The van der Waals surface area contributed by atoms with Gasteiger partial charge in [0.25, 0.3) is 0 Å². The van der Waals surface area contributed by atoms with E-state index in [1.807, 2.05) is 13.8 Å². The first kappa shape index (κ1) is 11.3. The molecule has 56 valence electrons. The maximum atomic E-state index is 9.57. The summed E-state index contributed by atoms with van der Waals surface area (Å²) in [7, 11) is 0. The van der Waals surface area contributed by atoms with Crippen molar-refractivity contribution in [2.24, 2.45) is 0 Å². The fourth-order valence-electron chi connectivity index (χ4n) is 0.338. The van der Waals surface area contributed by atoms with Crippen LogP contribution < -0.4 is 5.32 Å². The van der Waals surface area contributed by atoms with Crippen LogP contribution in [0.25, 0.3) is 0 Å². The second-order valence-electron chi connectivity index (χ2n) is 1.43. The third-order valence-corrected chi connectivity index (χ3v) is 0.758. The molecule has 9 heavy (non-hydrogen) atoms. The van der Waals surface area contributed by atoms with Crippen LogP contribution in [0.15, 0.2) is 0 Å². The summed E-state index contributed by atoms with van der Waals surface area (Å²) in [5.41, 5.74) is 0. The van der Waals surface area contributed by atoms with Gasteiger partial charge in [0.2, 0.25) is 6.41 Å². The SMILES string of the molecule is CC.CCCCNC=O. The minimum absolute atomic E-state index is 0.732. The molecule has 0 aliphatic carbocycles. The number of nitrogens with one attached hydrogen (secondary N) is 1. The second kappa shape index (κ2) is 15.6. The Kier molecular flexibility index (Phi) is 19.6. The molecule has 0 spiro atoms. The van der Waals surface area contributed by atoms with Crippen molar-refractivity contribution in [1.82, 2.24) is 5.32 Å². The first-order valence-electron chi connectivity index (χ1n) is 3.59. The van der Waals surface area contributed by atoms with Crippen molar-refractivity contribution in [2.75, 3.05) is 6.54 Å². The van der Waals surface area contributed by atoms with Gasteiger partial charge in [-0.05, 0) is 6.42 Å². The summed E-state index contributed by atoms with van der Waals surface area (Å²) in [4.78, 5) is 9.57. The van der Waals surface area contributed by atoms with Gasteiger partial charge in [-0.1, -0.05) is 27.2 Å². The first-order valence-corrected chi connectivity index (χ1v) is 3.59. The highest BCUT2D eigenvalue weighted by atomic mass is 16.1. The molecular formula is C7H17NO. The zero-order valence-electron chi connectivity index (χ0n) is 6.61. The number of amides is 1. The van der Waals surface area contributed by atoms with E-state index >= 15 is 0 Å². The van der Waals surface area contributed by atoms with Crippen molar-refractivity contribution < 1.29 is 4.79 Å². The average Bonchev–Trinajstić information content (AvgIpc) is 1.94. The fourth-order valence-corrected chi connectivity index (χ4v) is 0.338. The van der Waals surface area contributed by atoms with Crippen LogP contribution in [-0.2, 0) is 4.79 Å². The zero-order valence-corrected chi connectivity index (χ0v) is 6.61. The maximum absolute atomic E-state index is 9.57. The number of hydrogen-bond acceptors (Lipinski definition) is 1. The number of hydrogen-bond donors (Lipinski definition) is 1. The molecule has 0 saturated heterocycles. The molecule has 0 aromatic rings. The number of rotatable bonds is 4. The van der Waals surface area contributed by atoms with E-state index in [9.17, 15) is 4.79 Å². The van der Waals surface area contributed by atoms with Crippen LogP contribution in [0, 0.1) is 0 Å². The molecule has 2 heteroatoms. The Balaban J connectivity index is 0. The molecule has 0 saturated carbocycles. The Hall–Kier alpha value is -0.530. The monoisotopic (exact) mass is 131 g/mol. The Morgan fingerprint density at radius 2 is 2.00 bits per heavy atom. The van der Waals surface area contributed by atoms with E-state index in [-0.39, 0.29) is 0 Å². The lowest BCUT2D eigenvalue weighted by Crippen LogP contribution is -2.11. The summed E-state index contributed by atoms with van der Waals surface area (Å²) in [6, 6.07) is 0. The third kappa shape index (κ3) is 18.6. The molecule has 0 aliphatic rings. The summed E-state index contributed by atoms with van der Waals surface area (Å²) in [6.45, 7) is 6.91. The fraction of sp³-hybridized carbons (Fsp3) is 0.857. The maximum Gasteiger partial charge on any atom is 0.207 e. The van der Waals surface area contributed by atoms with Gasteiger partial charge in [0.05, 0.1) is 0 Å². The Morgan fingerprint density at radius 3 is 2.33 bits per heavy atom. The van der Waals surface area contributed by atoms with Crippen molar-refractivity contribution in [3.63, 3.8) is 0 Å². The predicted molar refractivity (Wildman–Crippen MR) is 40.3 cm³/mol. The van der Waals surface area contributed by atoms with E-state index in [0.717, 1.165) is 25.8 Å². The van der Waals surface area contributed by atoms with Gasteiger partial charge in [0, 0.05) is 6.54 Å². The second-order valence-corrected chi connectivity index (χ2v) is 1.43. The van der Waals surface area contributed by atoms with Gasteiger partial charge in [0.1, 0.15) is 0 Å². The Morgan fingerprint density at radius 1 is 1.44 bits per heavy atom. The van der Waals surface area contributed by atoms with E-state index in [0.29, 0.717) is 0 Å². The molecule has 2 nitrogen and oxygen atoms in total. The van der Waals surface area contributed by atoms with Crippen LogP contribution in [-0.4, -0.2) is 13.0 Å². The van der Waals surface area contributed by atoms with E-state index in [2.05, 4.69) is 12.2 Å². The number of unbranched alkanes of at least 4 members (excludes halogenated alkanes) is 1. The minimum Gasteiger partial charge on any atom is -0.359 e. The average molecular weight is 131 g/mol. The minimum atomic E-state index is 0.732. The molecule has 0 fully saturated rings. The zero-order chi connectivity index (χ0) is 7.54. The van der Waals surface area contributed by atoms with E-state index in [4.69, 9.17) is 0 Å². The van der Waals surface area contributed by atoms with Crippen molar-refractivity contribution >= 4 is 6.41 Å². The Labute approximate surface area is 57.6 Å². The van der Waals surface area contributed by atoms with Crippen molar-refractivity contribution in [1.29, 1.82) is 0 Å². The van der Waals surface area contributed by atoms with Crippen LogP contribution in [0.1, 0.15) is 33.6 Å². The number of carbonyl (C=O) groups excluding carboxylic acids is 1. The third-order valence-electron chi connectivity index (χ3n) is 0.758. The lowest BCUT2D eigenvalue weighted by Gasteiger charge is -1.90. The van der Waals surface area contributed by atoms with Crippen molar-refractivity contribution in [2.45, 2.75) is 33.6 Å². The highest BCUT2D eigenvalue weighted by molar-refractivity contribution is 5.45. The van der Waals surface area contributed by atoms with Gasteiger partial charge in [-0.2, -0.15) is 0 Å². The van der Waals surface area contributed by atoms with Gasteiger partial charge < -0.3 is 5.32 Å². The van der Waals surface area contributed by atoms with Crippen LogP contribution in [0.5, 0.6) is 0 Å². The molecular weight excluding hydrogens is 114 g/mol. The normalized spacial score (nSPS) is 7.00. The standard InChI is InChI=1S/C5H11NO.C2H6/c1-2-3-4-6-5-7;1-2/h5H,2-4H2,1H3,(H,6,7);1-2H3. The summed E-state index contributed by atoms with van der Waals surface area (Å²) >= 11 is 0. The molecule has 1 N–H and O–H groups in total. The molecule has 0 aliphatic heterocycles. The molecule has 1 amide bonds. The molecule has 0 rings (SSSR count). The molecule has 0 radical (unpaired) electrons. The molecule has 0 aromatic carbocycles. The highest BCUT2D eigenvalue weighted by Gasteiger charge is 1.76. The summed E-state index contributed by atoms with van der Waals surface area (Å²) in [5.74, 6) is 0. The van der Waals surface area contributed by atoms with Gasteiger partial charge in [0.15, 0.2) is 0 Å². The molecule has 0 aromatic heterocycles. The lowest BCUT2D eigenvalue weighted by molar-refractivity contribution is -0.109. The van der Waals surface area contributed by atoms with Gasteiger partial charge in [-0.15, -0.1) is 0 Å². The molecule has 0 unspecified atom stereocenters. The molecule has 0 atom stereocenters. The van der Waals surface area contributed by atoms with Gasteiger partial charge >= 0.3 is 0 Å².